The van der Waals surface area contributed by atoms with Crippen LogP contribution in [0.1, 0.15) is 18.4 Å². The van der Waals surface area contributed by atoms with E-state index in [1.165, 1.54) is 24.7 Å². The predicted molar refractivity (Wildman–Crippen MR) is 111 cm³/mol. The molecule has 2 aliphatic heterocycles. The Bertz CT molecular complexity index is 885. The molecule has 1 aromatic carbocycles. The molecule has 28 heavy (non-hydrogen) atoms. The van der Waals surface area contributed by atoms with Gasteiger partial charge < -0.3 is 4.90 Å². The standard InChI is InChI=1S/C20H27N5O2S/c1-28(26,27)25-12-10-23(11-13-25)16-17-4-6-18(7-5-17)19-14-22-20(15-21-19)24-8-2-3-9-24/h4-7,14-15H,2-3,8-13,16H2,1H3. The van der Waals surface area contributed by atoms with Gasteiger partial charge in [0.05, 0.1) is 24.3 Å². The maximum absolute atomic E-state index is 11.6. The van der Waals surface area contributed by atoms with Gasteiger partial charge in [-0.3, -0.25) is 9.88 Å². The van der Waals surface area contributed by atoms with Gasteiger partial charge in [0.2, 0.25) is 10.0 Å². The Morgan fingerprint density at radius 1 is 0.893 bits per heavy atom. The third kappa shape index (κ3) is 4.51. The highest BCUT2D eigenvalue weighted by Gasteiger charge is 2.23. The van der Waals surface area contributed by atoms with Crippen molar-refractivity contribution in [3.63, 3.8) is 0 Å². The van der Waals surface area contributed by atoms with E-state index in [4.69, 9.17) is 0 Å². The molecule has 0 atom stereocenters. The number of hydrogen-bond acceptors (Lipinski definition) is 6. The molecule has 1 aromatic heterocycles. The highest BCUT2D eigenvalue weighted by Crippen LogP contribution is 2.21. The molecule has 0 saturated carbocycles. The fraction of sp³-hybridized carbons (Fsp3) is 0.500. The van der Waals surface area contributed by atoms with Gasteiger partial charge in [0, 0.05) is 51.4 Å². The fourth-order valence-electron chi connectivity index (χ4n) is 3.84. The molecule has 0 aliphatic carbocycles. The van der Waals surface area contributed by atoms with E-state index >= 15 is 0 Å². The summed E-state index contributed by atoms with van der Waals surface area (Å²) in [6.45, 7) is 5.63. The monoisotopic (exact) mass is 401 g/mol. The van der Waals surface area contributed by atoms with E-state index in [1.54, 1.807) is 4.31 Å². The highest BCUT2D eigenvalue weighted by atomic mass is 32.2. The second-order valence-electron chi connectivity index (χ2n) is 7.59. The SMILES string of the molecule is CS(=O)(=O)N1CCN(Cc2ccc(-c3cnc(N4CCCC4)cn3)cc2)CC1. The smallest absolute Gasteiger partial charge is 0.211 e. The van der Waals surface area contributed by atoms with E-state index in [-0.39, 0.29) is 0 Å². The summed E-state index contributed by atoms with van der Waals surface area (Å²) in [4.78, 5) is 13.7. The van der Waals surface area contributed by atoms with Crippen LogP contribution in [0.5, 0.6) is 0 Å². The minimum Gasteiger partial charge on any atom is -0.355 e. The minimum atomic E-state index is -3.08. The van der Waals surface area contributed by atoms with Crippen molar-refractivity contribution in [3.05, 3.63) is 42.2 Å². The van der Waals surface area contributed by atoms with Crippen LogP contribution in [0.4, 0.5) is 5.82 Å². The van der Waals surface area contributed by atoms with Crippen molar-refractivity contribution < 1.29 is 8.42 Å². The van der Waals surface area contributed by atoms with Crippen molar-refractivity contribution in [1.82, 2.24) is 19.2 Å². The first-order valence-corrected chi connectivity index (χ1v) is 11.7. The number of nitrogens with zero attached hydrogens (tertiary/aromatic N) is 5. The van der Waals surface area contributed by atoms with Gasteiger partial charge in [0.25, 0.3) is 0 Å². The van der Waals surface area contributed by atoms with Gasteiger partial charge in [0.1, 0.15) is 5.82 Å². The molecular formula is C20H27N5O2S. The average molecular weight is 402 g/mol. The summed E-state index contributed by atoms with van der Waals surface area (Å²) in [5, 5.41) is 0. The lowest BCUT2D eigenvalue weighted by molar-refractivity contribution is 0.182. The summed E-state index contributed by atoms with van der Waals surface area (Å²) in [7, 11) is -3.08. The molecule has 0 amide bonds. The Balaban J connectivity index is 1.35. The van der Waals surface area contributed by atoms with Crippen LogP contribution < -0.4 is 4.90 Å². The molecule has 0 spiro atoms. The molecule has 3 heterocycles. The zero-order valence-electron chi connectivity index (χ0n) is 16.3. The number of piperazine rings is 1. The van der Waals surface area contributed by atoms with E-state index in [9.17, 15) is 8.42 Å². The van der Waals surface area contributed by atoms with E-state index < -0.39 is 10.0 Å². The first-order valence-electron chi connectivity index (χ1n) is 9.83. The third-order valence-corrected chi connectivity index (χ3v) is 6.83. The Kier molecular flexibility index (Phi) is 5.61. The molecule has 2 aromatic rings. The van der Waals surface area contributed by atoms with Gasteiger partial charge in [-0.25, -0.2) is 13.4 Å². The number of aromatic nitrogens is 2. The minimum absolute atomic E-state index is 0.565. The second kappa shape index (κ2) is 8.14. The lowest BCUT2D eigenvalue weighted by Gasteiger charge is -2.33. The Labute approximate surface area is 167 Å². The van der Waals surface area contributed by atoms with Gasteiger partial charge >= 0.3 is 0 Å². The van der Waals surface area contributed by atoms with Crippen LogP contribution in [-0.4, -0.2) is 73.1 Å². The van der Waals surface area contributed by atoms with Crippen LogP contribution in [0, 0.1) is 0 Å². The van der Waals surface area contributed by atoms with Gasteiger partial charge in [-0.05, 0) is 18.4 Å². The maximum Gasteiger partial charge on any atom is 0.211 e. The fourth-order valence-corrected chi connectivity index (χ4v) is 4.66. The van der Waals surface area contributed by atoms with Crippen molar-refractivity contribution in [2.24, 2.45) is 0 Å². The van der Waals surface area contributed by atoms with Gasteiger partial charge in [-0.2, -0.15) is 4.31 Å². The summed E-state index contributed by atoms with van der Waals surface area (Å²) >= 11 is 0. The average Bonchev–Trinajstić information content (AvgIpc) is 3.23. The van der Waals surface area contributed by atoms with Crippen LogP contribution in [0.25, 0.3) is 11.3 Å². The normalized spacial score (nSPS) is 19.2. The molecule has 8 heteroatoms. The van der Waals surface area contributed by atoms with Crippen molar-refractivity contribution >= 4 is 15.8 Å². The van der Waals surface area contributed by atoms with Crippen LogP contribution in [0.3, 0.4) is 0 Å². The summed E-state index contributed by atoms with van der Waals surface area (Å²) in [6, 6.07) is 8.41. The molecular weight excluding hydrogens is 374 g/mol. The van der Waals surface area contributed by atoms with Crippen molar-refractivity contribution in [2.45, 2.75) is 19.4 Å². The van der Waals surface area contributed by atoms with Crippen LogP contribution in [-0.2, 0) is 16.6 Å². The van der Waals surface area contributed by atoms with Gasteiger partial charge in [-0.15, -0.1) is 0 Å². The van der Waals surface area contributed by atoms with Crippen molar-refractivity contribution in [3.8, 4) is 11.3 Å². The van der Waals surface area contributed by atoms with E-state index in [1.807, 2.05) is 12.4 Å². The number of benzene rings is 1. The first-order chi connectivity index (χ1) is 13.5. The Hall–Kier alpha value is -2.03. The van der Waals surface area contributed by atoms with E-state index in [0.717, 1.165) is 49.8 Å². The quantitative estimate of drug-likeness (QED) is 0.761. The molecule has 7 nitrogen and oxygen atoms in total. The maximum atomic E-state index is 11.6. The Morgan fingerprint density at radius 2 is 1.57 bits per heavy atom. The lowest BCUT2D eigenvalue weighted by Crippen LogP contribution is -2.47. The Morgan fingerprint density at radius 3 is 2.14 bits per heavy atom. The van der Waals surface area contributed by atoms with Gasteiger partial charge in [0.15, 0.2) is 0 Å². The van der Waals surface area contributed by atoms with Crippen LogP contribution in [0.15, 0.2) is 36.7 Å². The molecule has 2 saturated heterocycles. The molecule has 0 bridgehead atoms. The van der Waals surface area contributed by atoms with Crippen LogP contribution >= 0.6 is 0 Å². The predicted octanol–water partition coefficient (Wildman–Crippen LogP) is 1.82. The number of hydrogen-bond donors (Lipinski definition) is 0. The van der Waals surface area contributed by atoms with Crippen LogP contribution in [0.2, 0.25) is 0 Å². The summed E-state index contributed by atoms with van der Waals surface area (Å²) < 4.78 is 24.8. The van der Waals surface area contributed by atoms with Gasteiger partial charge in [-0.1, -0.05) is 24.3 Å². The molecule has 2 aliphatic rings. The van der Waals surface area contributed by atoms with Crippen molar-refractivity contribution in [2.75, 3.05) is 50.4 Å². The lowest BCUT2D eigenvalue weighted by atomic mass is 10.1. The topological polar surface area (TPSA) is 69.6 Å². The van der Waals surface area contributed by atoms with E-state index in [0.29, 0.717) is 13.1 Å². The number of rotatable bonds is 5. The number of sulfonamides is 1. The summed E-state index contributed by atoms with van der Waals surface area (Å²) in [6.07, 6.45) is 7.47. The molecule has 4 rings (SSSR count). The van der Waals surface area contributed by atoms with Crippen molar-refractivity contribution in [1.29, 1.82) is 0 Å². The second-order valence-corrected chi connectivity index (χ2v) is 9.57. The first kappa shape index (κ1) is 19.3. The molecule has 150 valence electrons. The molecule has 0 unspecified atom stereocenters. The summed E-state index contributed by atoms with van der Waals surface area (Å²) in [5.74, 6) is 0.964. The third-order valence-electron chi connectivity index (χ3n) is 5.52. The zero-order chi connectivity index (χ0) is 19.6. The van der Waals surface area contributed by atoms with E-state index in [2.05, 4.69) is 44.0 Å². The zero-order valence-corrected chi connectivity index (χ0v) is 17.1. The highest BCUT2D eigenvalue weighted by molar-refractivity contribution is 7.88. The molecule has 0 radical (unpaired) electrons. The largest absolute Gasteiger partial charge is 0.355 e. The summed E-state index contributed by atoms with van der Waals surface area (Å²) in [5.41, 5.74) is 3.17. The molecule has 2 fully saturated rings. The number of anilines is 1. The molecule has 0 N–H and O–H groups in total.